The maximum absolute atomic E-state index is 12.9. The SMILES string of the molecule is CC(C)(C)OC(=O)N1C(=O)[C@@]2(CC=CC(=O)O2)c2ccccc21. The summed E-state index contributed by atoms with van der Waals surface area (Å²) in [5, 5.41) is 0. The van der Waals surface area contributed by atoms with Gasteiger partial charge in [-0.05, 0) is 26.8 Å². The zero-order valence-electron chi connectivity index (χ0n) is 13.2. The minimum absolute atomic E-state index is 0.188. The third kappa shape index (κ3) is 2.40. The Balaban J connectivity index is 2.08. The molecule has 0 saturated carbocycles. The summed E-state index contributed by atoms with van der Waals surface area (Å²) in [6.07, 6.45) is 2.27. The second kappa shape index (κ2) is 4.94. The van der Waals surface area contributed by atoms with Gasteiger partial charge in [0.05, 0.1) is 5.69 Å². The fraction of sp³-hybridized carbons (Fsp3) is 0.353. The van der Waals surface area contributed by atoms with Crippen LogP contribution in [0.15, 0.2) is 36.4 Å². The molecule has 23 heavy (non-hydrogen) atoms. The number of esters is 1. The van der Waals surface area contributed by atoms with E-state index in [0.29, 0.717) is 11.3 Å². The standard InChI is InChI=1S/C17H17NO5/c1-16(2,3)23-15(21)18-12-8-5-4-7-11(12)17(14(18)20)10-6-9-13(19)22-17/h4-9H,10H2,1-3H3/t17-/m1/s1. The van der Waals surface area contributed by atoms with Gasteiger partial charge in [-0.3, -0.25) is 4.79 Å². The Morgan fingerprint density at radius 2 is 1.96 bits per heavy atom. The van der Waals surface area contributed by atoms with Crippen LogP contribution in [0.4, 0.5) is 10.5 Å². The van der Waals surface area contributed by atoms with E-state index in [2.05, 4.69) is 0 Å². The molecule has 0 aliphatic carbocycles. The molecule has 1 atom stereocenters. The molecule has 0 N–H and O–H groups in total. The maximum atomic E-state index is 12.9. The predicted molar refractivity (Wildman–Crippen MR) is 81.7 cm³/mol. The van der Waals surface area contributed by atoms with Crippen LogP contribution in [-0.4, -0.2) is 23.6 Å². The van der Waals surface area contributed by atoms with E-state index in [-0.39, 0.29) is 6.42 Å². The molecule has 2 aliphatic heterocycles. The molecule has 0 aromatic heterocycles. The van der Waals surface area contributed by atoms with Crippen molar-refractivity contribution >= 4 is 23.7 Å². The van der Waals surface area contributed by atoms with E-state index in [1.807, 2.05) is 0 Å². The molecule has 2 aliphatic rings. The van der Waals surface area contributed by atoms with Crippen molar-refractivity contribution < 1.29 is 23.9 Å². The molecule has 0 unspecified atom stereocenters. The van der Waals surface area contributed by atoms with Gasteiger partial charge in [-0.1, -0.05) is 24.3 Å². The first-order valence-electron chi connectivity index (χ1n) is 7.31. The number of benzene rings is 1. The number of para-hydroxylation sites is 1. The molecular weight excluding hydrogens is 298 g/mol. The molecule has 0 bridgehead atoms. The van der Waals surface area contributed by atoms with Crippen LogP contribution in [0, 0.1) is 0 Å². The molecular formula is C17H17NO5. The molecule has 1 spiro atoms. The van der Waals surface area contributed by atoms with Gasteiger partial charge in [0.2, 0.25) is 5.60 Å². The average Bonchev–Trinajstić information content (AvgIpc) is 2.67. The number of rotatable bonds is 0. The lowest BCUT2D eigenvalue weighted by atomic mass is 9.90. The van der Waals surface area contributed by atoms with E-state index >= 15 is 0 Å². The Kier molecular flexibility index (Phi) is 3.28. The van der Waals surface area contributed by atoms with Gasteiger partial charge in [-0.15, -0.1) is 0 Å². The highest BCUT2D eigenvalue weighted by Gasteiger charge is 2.56. The number of ether oxygens (including phenoxy) is 2. The zero-order chi connectivity index (χ0) is 16.8. The van der Waals surface area contributed by atoms with Crippen LogP contribution in [0.25, 0.3) is 0 Å². The molecule has 0 fully saturated rings. The predicted octanol–water partition coefficient (Wildman–Crippen LogP) is 2.67. The van der Waals surface area contributed by atoms with Gasteiger partial charge < -0.3 is 9.47 Å². The number of amides is 2. The summed E-state index contributed by atoms with van der Waals surface area (Å²) in [5.74, 6) is -1.21. The van der Waals surface area contributed by atoms with Crippen molar-refractivity contribution in [3.8, 4) is 0 Å². The van der Waals surface area contributed by atoms with Crippen molar-refractivity contribution in [3.05, 3.63) is 42.0 Å². The van der Waals surface area contributed by atoms with Gasteiger partial charge in [0.15, 0.2) is 0 Å². The lowest BCUT2D eigenvalue weighted by molar-refractivity contribution is -0.164. The van der Waals surface area contributed by atoms with Crippen LogP contribution >= 0.6 is 0 Å². The number of fused-ring (bicyclic) bond motifs is 2. The molecule has 2 amide bonds. The van der Waals surface area contributed by atoms with E-state index in [4.69, 9.17) is 9.47 Å². The summed E-state index contributed by atoms with van der Waals surface area (Å²) in [4.78, 5) is 38.0. The van der Waals surface area contributed by atoms with Crippen LogP contribution in [0.1, 0.15) is 32.8 Å². The summed E-state index contributed by atoms with van der Waals surface area (Å²) < 4.78 is 10.7. The van der Waals surface area contributed by atoms with Crippen LogP contribution in [0.5, 0.6) is 0 Å². The number of carbonyl (C=O) groups excluding carboxylic acids is 3. The molecule has 120 valence electrons. The molecule has 1 aromatic rings. The molecule has 3 rings (SSSR count). The summed E-state index contributed by atoms with van der Waals surface area (Å²) in [5.41, 5.74) is -1.35. The highest BCUT2D eigenvalue weighted by Crippen LogP contribution is 2.46. The van der Waals surface area contributed by atoms with E-state index in [9.17, 15) is 14.4 Å². The Morgan fingerprint density at radius 3 is 2.61 bits per heavy atom. The first-order valence-corrected chi connectivity index (χ1v) is 7.31. The van der Waals surface area contributed by atoms with Crippen molar-refractivity contribution in [1.29, 1.82) is 0 Å². The monoisotopic (exact) mass is 315 g/mol. The first kappa shape index (κ1) is 15.3. The number of nitrogens with zero attached hydrogens (tertiary/aromatic N) is 1. The van der Waals surface area contributed by atoms with E-state index < -0.39 is 29.2 Å². The average molecular weight is 315 g/mol. The largest absolute Gasteiger partial charge is 0.443 e. The summed E-state index contributed by atoms with van der Waals surface area (Å²) in [6.45, 7) is 5.16. The molecule has 2 heterocycles. The fourth-order valence-corrected chi connectivity index (χ4v) is 2.77. The van der Waals surface area contributed by atoms with Crippen LogP contribution < -0.4 is 4.90 Å². The summed E-state index contributed by atoms with van der Waals surface area (Å²) in [6, 6.07) is 6.77. The second-order valence-corrected chi connectivity index (χ2v) is 6.49. The molecule has 0 saturated heterocycles. The normalized spacial score (nSPS) is 23.0. The van der Waals surface area contributed by atoms with Gasteiger partial charge in [0, 0.05) is 18.1 Å². The summed E-state index contributed by atoms with van der Waals surface area (Å²) in [7, 11) is 0. The van der Waals surface area contributed by atoms with Crippen molar-refractivity contribution in [1.82, 2.24) is 0 Å². The smallest absolute Gasteiger partial charge is 0.421 e. The van der Waals surface area contributed by atoms with E-state index in [1.165, 1.54) is 6.08 Å². The second-order valence-electron chi connectivity index (χ2n) is 6.49. The van der Waals surface area contributed by atoms with E-state index in [1.54, 1.807) is 51.1 Å². The van der Waals surface area contributed by atoms with Crippen molar-refractivity contribution in [2.75, 3.05) is 4.90 Å². The third-order valence-electron chi connectivity index (χ3n) is 3.64. The number of carbonyl (C=O) groups is 3. The number of imide groups is 1. The number of anilines is 1. The van der Waals surface area contributed by atoms with Crippen molar-refractivity contribution in [3.63, 3.8) is 0 Å². The van der Waals surface area contributed by atoms with Crippen LogP contribution in [-0.2, 0) is 24.7 Å². The molecule has 6 nitrogen and oxygen atoms in total. The van der Waals surface area contributed by atoms with Gasteiger partial charge in [-0.25, -0.2) is 14.5 Å². The van der Waals surface area contributed by atoms with Gasteiger partial charge in [0.1, 0.15) is 5.60 Å². The minimum Gasteiger partial charge on any atom is -0.443 e. The minimum atomic E-state index is -1.49. The Labute approximate surface area is 133 Å². The highest BCUT2D eigenvalue weighted by atomic mass is 16.6. The zero-order valence-corrected chi connectivity index (χ0v) is 13.2. The lowest BCUT2D eigenvalue weighted by Gasteiger charge is -2.29. The highest BCUT2D eigenvalue weighted by molar-refractivity contribution is 6.21. The molecule has 1 aromatic carbocycles. The van der Waals surface area contributed by atoms with Gasteiger partial charge in [-0.2, -0.15) is 0 Å². The van der Waals surface area contributed by atoms with Crippen molar-refractivity contribution in [2.24, 2.45) is 0 Å². The topological polar surface area (TPSA) is 72.9 Å². The third-order valence-corrected chi connectivity index (χ3v) is 3.64. The lowest BCUT2D eigenvalue weighted by Crippen LogP contribution is -2.47. The van der Waals surface area contributed by atoms with Gasteiger partial charge >= 0.3 is 12.1 Å². The number of hydrogen-bond donors (Lipinski definition) is 0. The van der Waals surface area contributed by atoms with Crippen molar-refractivity contribution in [2.45, 2.75) is 38.4 Å². The van der Waals surface area contributed by atoms with Gasteiger partial charge in [0.25, 0.3) is 5.91 Å². The Bertz CT molecular complexity index is 731. The van der Waals surface area contributed by atoms with E-state index in [0.717, 1.165) is 4.90 Å². The molecule has 6 heteroatoms. The summed E-state index contributed by atoms with van der Waals surface area (Å²) >= 11 is 0. The van der Waals surface area contributed by atoms with Crippen LogP contribution in [0.3, 0.4) is 0 Å². The molecule has 0 radical (unpaired) electrons. The first-order chi connectivity index (χ1) is 10.7. The fourth-order valence-electron chi connectivity index (χ4n) is 2.77. The number of hydrogen-bond acceptors (Lipinski definition) is 5. The van der Waals surface area contributed by atoms with Crippen LogP contribution in [0.2, 0.25) is 0 Å². The quantitative estimate of drug-likeness (QED) is 0.688. The maximum Gasteiger partial charge on any atom is 0.421 e. The Morgan fingerprint density at radius 1 is 1.26 bits per heavy atom. The Hall–Kier alpha value is -2.63.